The van der Waals surface area contributed by atoms with E-state index in [0.717, 1.165) is 20.3 Å². The predicted molar refractivity (Wildman–Crippen MR) is 125 cm³/mol. The van der Waals surface area contributed by atoms with Gasteiger partial charge in [-0.1, -0.05) is 72.8 Å². The molecule has 31 heavy (non-hydrogen) atoms. The van der Waals surface area contributed by atoms with Crippen LogP contribution in [0.25, 0.3) is 0 Å². The fourth-order valence-electron chi connectivity index (χ4n) is 3.76. The average Bonchev–Trinajstić information content (AvgIpc) is 3.04. The average molecular weight is 527 g/mol. The molecule has 158 valence electrons. The van der Waals surface area contributed by atoms with Gasteiger partial charge in [-0.2, -0.15) is 0 Å². The molecule has 0 saturated carbocycles. The topological polar surface area (TPSA) is 55.8 Å². The van der Waals surface area contributed by atoms with Crippen molar-refractivity contribution in [3.63, 3.8) is 0 Å². The first kappa shape index (κ1) is 21.4. The molecule has 1 heterocycles. The molecule has 1 aliphatic rings. The normalized spacial score (nSPS) is 20.4. The van der Waals surface area contributed by atoms with E-state index in [9.17, 15) is 9.59 Å². The first-order valence-corrected chi connectivity index (χ1v) is 11.1. The Kier molecular flexibility index (Phi) is 6.27. The van der Waals surface area contributed by atoms with Crippen LogP contribution in [0.15, 0.2) is 84.9 Å². The van der Waals surface area contributed by atoms with Gasteiger partial charge in [-0.05, 0) is 52.8 Å². The summed E-state index contributed by atoms with van der Waals surface area (Å²) in [5.74, 6) is -0.447. The highest BCUT2D eigenvalue weighted by molar-refractivity contribution is 14.1. The van der Waals surface area contributed by atoms with Crippen molar-refractivity contribution in [2.24, 2.45) is 0 Å². The number of ether oxygens (including phenoxy) is 2. The number of carbonyl (C=O) groups excluding carboxylic acids is 2. The van der Waals surface area contributed by atoms with Crippen LogP contribution >= 0.6 is 22.6 Å². The number of benzene rings is 3. The molecule has 5 nitrogen and oxygen atoms in total. The van der Waals surface area contributed by atoms with Crippen LogP contribution < -0.4 is 0 Å². The molecule has 0 aromatic heterocycles. The third-order valence-corrected chi connectivity index (χ3v) is 6.02. The van der Waals surface area contributed by atoms with E-state index in [1.165, 1.54) is 4.90 Å². The number of esters is 1. The molecule has 3 aromatic rings. The molecule has 2 atom stereocenters. The second-order valence-electron chi connectivity index (χ2n) is 7.66. The highest BCUT2D eigenvalue weighted by Crippen LogP contribution is 2.40. The van der Waals surface area contributed by atoms with Crippen molar-refractivity contribution < 1.29 is 19.1 Å². The first-order chi connectivity index (χ1) is 15.0. The van der Waals surface area contributed by atoms with Gasteiger partial charge >= 0.3 is 12.1 Å². The minimum absolute atomic E-state index is 0.116. The Morgan fingerprint density at radius 1 is 1.00 bits per heavy atom. The Balaban J connectivity index is 1.66. The van der Waals surface area contributed by atoms with E-state index in [4.69, 9.17) is 9.47 Å². The lowest BCUT2D eigenvalue weighted by molar-refractivity contribution is -0.145. The molecule has 0 aliphatic carbocycles. The zero-order valence-corrected chi connectivity index (χ0v) is 19.2. The standard InChI is InChI=1S/C25H22INO4/c1-25(16-19-11-8-14-21(26)15-19)23(28)31-22(20-12-6-3-7-13-20)27(25)24(29)30-17-18-9-4-2-5-10-18/h2-15,22H,16-17H2,1H3/t22-,25+/m1/s1. The molecule has 4 rings (SSSR count). The van der Waals surface area contributed by atoms with Crippen LogP contribution in [0.4, 0.5) is 4.79 Å². The maximum Gasteiger partial charge on any atom is 0.414 e. The molecule has 0 unspecified atom stereocenters. The molecule has 0 N–H and O–H groups in total. The van der Waals surface area contributed by atoms with Crippen LogP contribution in [-0.4, -0.2) is 22.5 Å². The maximum atomic E-state index is 13.3. The molecule has 0 spiro atoms. The van der Waals surface area contributed by atoms with Crippen molar-refractivity contribution in [2.45, 2.75) is 31.7 Å². The second-order valence-corrected chi connectivity index (χ2v) is 8.90. The Hall–Kier alpha value is -2.87. The summed E-state index contributed by atoms with van der Waals surface area (Å²) in [5.41, 5.74) is 1.34. The van der Waals surface area contributed by atoms with Crippen LogP contribution in [-0.2, 0) is 27.3 Å². The molecule has 1 aliphatic heterocycles. The SMILES string of the molecule is C[C@]1(Cc2cccc(I)c2)C(=O)O[C@H](c2ccccc2)N1C(=O)OCc1ccccc1. The van der Waals surface area contributed by atoms with E-state index in [1.807, 2.05) is 84.9 Å². The summed E-state index contributed by atoms with van der Waals surface area (Å²) in [4.78, 5) is 27.8. The summed E-state index contributed by atoms with van der Waals surface area (Å²) in [7, 11) is 0. The Morgan fingerprint density at radius 2 is 1.65 bits per heavy atom. The number of hydrogen-bond acceptors (Lipinski definition) is 4. The van der Waals surface area contributed by atoms with Crippen molar-refractivity contribution in [2.75, 3.05) is 0 Å². The van der Waals surface area contributed by atoms with Gasteiger partial charge in [-0.3, -0.25) is 4.90 Å². The molecule has 1 amide bonds. The smallest absolute Gasteiger partial charge is 0.414 e. The number of cyclic esters (lactones) is 1. The second kappa shape index (κ2) is 9.09. The molecule has 3 aromatic carbocycles. The lowest BCUT2D eigenvalue weighted by atomic mass is 9.91. The molecule has 0 bridgehead atoms. The number of halogens is 1. The molecule has 1 fully saturated rings. The molecular weight excluding hydrogens is 505 g/mol. The van der Waals surface area contributed by atoms with Crippen molar-refractivity contribution in [1.29, 1.82) is 0 Å². The minimum atomic E-state index is -1.20. The van der Waals surface area contributed by atoms with Gasteiger partial charge in [0.2, 0.25) is 6.23 Å². The van der Waals surface area contributed by atoms with Gasteiger partial charge in [0.1, 0.15) is 12.1 Å². The number of nitrogens with zero attached hydrogens (tertiary/aromatic N) is 1. The van der Waals surface area contributed by atoms with Gasteiger partial charge < -0.3 is 9.47 Å². The van der Waals surface area contributed by atoms with E-state index in [1.54, 1.807) is 6.92 Å². The fraction of sp³-hybridized carbons (Fsp3) is 0.200. The summed E-state index contributed by atoms with van der Waals surface area (Å²) >= 11 is 2.23. The Bertz CT molecular complexity index is 1070. The molecule has 0 radical (unpaired) electrons. The van der Waals surface area contributed by atoms with Crippen molar-refractivity contribution in [3.05, 3.63) is 105 Å². The molecule has 1 saturated heterocycles. The van der Waals surface area contributed by atoms with Gasteiger partial charge in [0.05, 0.1) is 0 Å². The van der Waals surface area contributed by atoms with Gasteiger partial charge in [-0.15, -0.1) is 0 Å². The first-order valence-electron chi connectivity index (χ1n) is 9.98. The Labute approximate surface area is 195 Å². The quantitative estimate of drug-likeness (QED) is 0.326. The number of hydrogen-bond donors (Lipinski definition) is 0. The van der Waals surface area contributed by atoms with Crippen LogP contribution in [0.5, 0.6) is 0 Å². The van der Waals surface area contributed by atoms with E-state index >= 15 is 0 Å². The lowest BCUT2D eigenvalue weighted by Gasteiger charge is -2.33. The van der Waals surface area contributed by atoms with Crippen LogP contribution in [0, 0.1) is 3.57 Å². The van der Waals surface area contributed by atoms with Gasteiger partial charge in [0.25, 0.3) is 0 Å². The third-order valence-electron chi connectivity index (χ3n) is 5.35. The summed E-state index contributed by atoms with van der Waals surface area (Å²) in [5, 5.41) is 0. The highest BCUT2D eigenvalue weighted by atomic mass is 127. The van der Waals surface area contributed by atoms with Gasteiger partial charge in [0.15, 0.2) is 0 Å². The zero-order chi connectivity index (χ0) is 21.8. The number of amides is 1. The zero-order valence-electron chi connectivity index (χ0n) is 17.0. The number of rotatable bonds is 5. The molecule has 6 heteroatoms. The van der Waals surface area contributed by atoms with Gasteiger partial charge in [0, 0.05) is 15.6 Å². The number of carbonyl (C=O) groups is 2. The monoisotopic (exact) mass is 527 g/mol. The Morgan fingerprint density at radius 3 is 2.32 bits per heavy atom. The van der Waals surface area contributed by atoms with E-state index in [-0.39, 0.29) is 6.61 Å². The van der Waals surface area contributed by atoms with Crippen LogP contribution in [0.3, 0.4) is 0 Å². The van der Waals surface area contributed by atoms with Crippen molar-refractivity contribution >= 4 is 34.7 Å². The largest absolute Gasteiger partial charge is 0.444 e. The summed E-state index contributed by atoms with van der Waals surface area (Å²) < 4.78 is 12.4. The van der Waals surface area contributed by atoms with Gasteiger partial charge in [-0.25, -0.2) is 9.59 Å². The van der Waals surface area contributed by atoms with E-state index in [2.05, 4.69) is 22.6 Å². The summed E-state index contributed by atoms with van der Waals surface area (Å²) in [6.45, 7) is 1.85. The fourth-order valence-corrected chi connectivity index (χ4v) is 4.37. The van der Waals surface area contributed by atoms with Crippen LogP contribution in [0.2, 0.25) is 0 Å². The van der Waals surface area contributed by atoms with E-state index in [0.29, 0.717) is 6.42 Å². The van der Waals surface area contributed by atoms with Crippen molar-refractivity contribution in [3.8, 4) is 0 Å². The minimum Gasteiger partial charge on any atom is -0.444 e. The maximum absolute atomic E-state index is 13.3. The van der Waals surface area contributed by atoms with Crippen molar-refractivity contribution in [1.82, 2.24) is 4.90 Å². The summed E-state index contributed by atoms with van der Waals surface area (Å²) in [6, 6.07) is 26.6. The van der Waals surface area contributed by atoms with Crippen LogP contribution in [0.1, 0.15) is 29.8 Å². The molecular formula is C25H22INO4. The summed E-state index contributed by atoms with van der Waals surface area (Å²) in [6.07, 6.45) is -1.10. The van der Waals surface area contributed by atoms with E-state index < -0.39 is 23.8 Å². The highest BCUT2D eigenvalue weighted by Gasteiger charge is 2.55. The third kappa shape index (κ3) is 4.58. The predicted octanol–water partition coefficient (Wildman–Crippen LogP) is 5.49. The lowest BCUT2D eigenvalue weighted by Crippen LogP contribution is -2.51.